The van der Waals surface area contributed by atoms with Gasteiger partial charge in [0.05, 0.1) is 0 Å². The monoisotopic (exact) mass is 252 g/mol. The lowest BCUT2D eigenvalue weighted by Gasteiger charge is -2.16. The molecule has 6 nitrogen and oxygen atoms in total. The van der Waals surface area contributed by atoms with Gasteiger partial charge in [-0.2, -0.15) is 0 Å². The summed E-state index contributed by atoms with van der Waals surface area (Å²) in [6.07, 6.45) is 2.62. The van der Waals surface area contributed by atoms with Gasteiger partial charge in [-0.1, -0.05) is 25.3 Å². The van der Waals surface area contributed by atoms with Crippen LogP contribution in [0, 0.1) is 11.3 Å². The molecule has 0 aromatic carbocycles. The number of nitrogens with zero attached hydrogens (tertiary/aromatic N) is 1. The number of amides is 1. The smallest absolute Gasteiger partial charge is 0.415 e. The number of esters is 1. The molecule has 1 saturated heterocycles. The van der Waals surface area contributed by atoms with Crippen molar-refractivity contribution in [3.8, 4) is 0 Å². The van der Waals surface area contributed by atoms with Crippen molar-refractivity contribution < 1.29 is 19.1 Å². The lowest BCUT2D eigenvalue weighted by molar-refractivity contribution is -0.144. The summed E-state index contributed by atoms with van der Waals surface area (Å²) in [7, 11) is 0. The van der Waals surface area contributed by atoms with Gasteiger partial charge in [-0.25, -0.2) is 4.79 Å². The highest BCUT2D eigenvalue weighted by Crippen LogP contribution is 2.20. The summed E-state index contributed by atoms with van der Waals surface area (Å²) in [5.74, 6) is -1.31. The van der Waals surface area contributed by atoms with Crippen LogP contribution < -0.4 is 0 Å². The Bertz CT molecular complexity index is 344. The molecular weight excluding hydrogens is 236 g/mol. The van der Waals surface area contributed by atoms with E-state index in [1.165, 1.54) is 12.2 Å². The van der Waals surface area contributed by atoms with E-state index in [2.05, 4.69) is 13.2 Å². The van der Waals surface area contributed by atoms with Gasteiger partial charge < -0.3 is 9.47 Å². The Morgan fingerprint density at radius 2 is 1.94 bits per heavy atom. The van der Waals surface area contributed by atoms with E-state index in [9.17, 15) is 9.59 Å². The molecule has 0 saturated carbocycles. The fourth-order valence-electron chi connectivity index (χ4n) is 1.57. The van der Waals surface area contributed by atoms with Crippen LogP contribution in [0.5, 0.6) is 0 Å². The van der Waals surface area contributed by atoms with Gasteiger partial charge in [0.15, 0.2) is 0 Å². The molecule has 0 bridgehead atoms. The minimum absolute atomic E-state index is 0.0776. The Morgan fingerprint density at radius 1 is 1.33 bits per heavy atom. The van der Waals surface area contributed by atoms with E-state index < -0.39 is 18.0 Å². The van der Waals surface area contributed by atoms with E-state index in [1.807, 2.05) is 0 Å². The molecule has 0 aliphatic carbocycles. The maximum atomic E-state index is 11.6. The minimum Gasteiger partial charge on any atom is -0.461 e. The van der Waals surface area contributed by atoms with Gasteiger partial charge in [0, 0.05) is 6.54 Å². The van der Waals surface area contributed by atoms with E-state index in [4.69, 9.17) is 14.9 Å². The van der Waals surface area contributed by atoms with E-state index >= 15 is 0 Å². The second-order valence-electron chi connectivity index (χ2n) is 3.66. The highest BCUT2D eigenvalue weighted by Gasteiger charge is 2.38. The van der Waals surface area contributed by atoms with Gasteiger partial charge in [-0.15, -0.1) is 0 Å². The van der Waals surface area contributed by atoms with Gasteiger partial charge in [0.1, 0.15) is 25.0 Å². The van der Waals surface area contributed by atoms with Gasteiger partial charge in [-0.3, -0.25) is 15.1 Å². The van der Waals surface area contributed by atoms with Gasteiger partial charge in [0.2, 0.25) is 0 Å². The molecule has 1 atom stereocenters. The fourth-order valence-corrected chi connectivity index (χ4v) is 1.57. The number of likely N-dealkylation sites (tertiary alicyclic amines) is 1. The van der Waals surface area contributed by atoms with E-state index in [0.29, 0.717) is 6.42 Å². The van der Waals surface area contributed by atoms with Gasteiger partial charge >= 0.3 is 12.1 Å². The molecule has 1 unspecified atom stereocenters. The summed E-state index contributed by atoms with van der Waals surface area (Å²) in [6, 6.07) is 0. The van der Waals surface area contributed by atoms with Gasteiger partial charge in [-0.05, 0) is 6.42 Å². The third kappa shape index (κ3) is 3.19. The Hall–Kier alpha value is -2.11. The fraction of sp³-hybridized carbons (Fsp3) is 0.417. The second kappa shape index (κ2) is 6.58. The molecule has 0 radical (unpaired) electrons. The van der Waals surface area contributed by atoms with Gasteiger partial charge in [0.25, 0.3) is 0 Å². The van der Waals surface area contributed by atoms with Crippen molar-refractivity contribution in [2.24, 2.45) is 5.92 Å². The second-order valence-corrected chi connectivity index (χ2v) is 3.66. The van der Waals surface area contributed by atoms with Crippen LogP contribution in [-0.4, -0.2) is 42.6 Å². The van der Waals surface area contributed by atoms with Crippen LogP contribution in [0.25, 0.3) is 0 Å². The normalized spacial score (nSPS) is 18.3. The molecule has 0 aromatic rings. The summed E-state index contributed by atoms with van der Waals surface area (Å²) in [5.41, 5.74) is 0. The molecule has 1 amide bonds. The standard InChI is InChI=1S/C12H16N2O4/c1-3-7-17-11(15)9-5-6-14(10(9)13)12(16)18-8-4-2/h3-4,9,13H,1-2,5-8H2. The zero-order valence-corrected chi connectivity index (χ0v) is 10.1. The summed E-state index contributed by atoms with van der Waals surface area (Å²) >= 11 is 0. The summed E-state index contributed by atoms with van der Waals surface area (Å²) in [6.45, 7) is 7.31. The van der Waals surface area contributed by atoms with Crippen LogP contribution in [0.15, 0.2) is 25.3 Å². The molecule has 0 spiro atoms. The summed E-state index contributed by atoms with van der Waals surface area (Å²) in [4.78, 5) is 24.3. The van der Waals surface area contributed by atoms with Crippen molar-refractivity contribution in [2.45, 2.75) is 6.42 Å². The first-order valence-corrected chi connectivity index (χ1v) is 5.53. The number of carbonyl (C=O) groups is 2. The number of amidine groups is 1. The topological polar surface area (TPSA) is 79.7 Å². The maximum absolute atomic E-state index is 11.6. The van der Waals surface area contributed by atoms with Crippen LogP contribution >= 0.6 is 0 Å². The average molecular weight is 252 g/mol. The molecular formula is C12H16N2O4. The van der Waals surface area contributed by atoms with E-state index in [1.54, 1.807) is 0 Å². The van der Waals surface area contributed by atoms with Crippen LogP contribution in [0.4, 0.5) is 4.79 Å². The first-order chi connectivity index (χ1) is 8.61. The molecule has 1 N–H and O–H groups in total. The number of rotatable bonds is 5. The van der Waals surface area contributed by atoms with Crippen molar-refractivity contribution in [3.63, 3.8) is 0 Å². The molecule has 18 heavy (non-hydrogen) atoms. The molecule has 1 heterocycles. The van der Waals surface area contributed by atoms with Crippen LogP contribution in [0.3, 0.4) is 0 Å². The number of hydrogen-bond acceptors (Lipinski definition) is 5. The average Bonchev–Trinajstić information content (AvgIpc) is 2.75. The van der Waals surface area contributed by atoms with Crippen LogP contribution in [0.2, 0.25) is 0 Å². The van der Waals surface area contributed by atoms with Crippen molar-refractivity contribution in [1.29, 1.82) is 5.41 Å². The zero-order valence-electron chi connectivity index (χ0n) is 10.1. The van der Waals surface area contributed by atoms with E-state index in [-0.39, 0.29) is 25.6 Å². The molecule has 1 aliphatic rings. The lowest BCUT2D eigenvalue weighted by atomic mass is 10.1. The van der Waals surface area contributed by atoms with Crippen molar-refractivity contribution >= 4 is 17.9 Å². The Morgan fingerprint density at radius 3 is 2.56 bits per heavy atom. The van der Waals surface area contributed by atoms with Crippen molar-refractivity contribution in [1.82, 2.24) is 4.90 Å². The first-order valence-electron chi connectivity index (χ1n) is 5.53. The first kappa shape index (κ1) is 14.0. The third-order valence-electron chi connectivity index (χ3n) is 2.44. The Labute approximate surface area is 105 Å². The minimum atomic E-state index is -0.707. The van der Waals surface area contributed by atoms with Crippen LogP contribution in [-0.2, 0) is 14.3 Å². The quantitative estimate of drug-likeness (QED) is 0.591. The molecule has 1 fully saturated rings. The molecule has 98 valence electrons. The predicted molar refractivity (Wildman–Crippen MR) is 65.2 cm³/mol. The third-order valence-corrected chi connectivity index (χ3v) is 2.44. The number of hydrogen-bond donors (Lipinski definition) is 1. The number of carbonyl (C=O) groups excluding carboxylic acids is 2. The van der Waals surface area contributed by atoms with Crippen LogP contribution in [0.1, 0.15) is 6.42 Å². The molecule has 1 rings (SSSR count). The number of ether oxygens (including phenoxy) is 2. The lowest BCUT2D eigenvalue weighted by Crippen LogP contribution is -2.35. The summed E-state index contributed by atoms with van der Waals surface area (Å²) in [5, 5.41) is 7.77. The largest absolute Gasteiger partial charge is 0.461 e. The Kier molecular flexibility index (Phi) is 5.10. The highest BCUT2D eigenvalue weighted by atomic mass is 16.6. The summed E-state index contributed by atoms with van der Waals surface area (Å²) < 4.78 is 9.68. The van der Waals surface area contributed by atoms with Crippen molar-refractivity contribution in [3.05, 3.63) is 25.3 Å². The molecule has 1 aliphatic heterocycles. The molecule has 0 aromatic heterocycles. The Balaban J connectivity index is 2.55. The highest BCUT2D eigenvalue weighted by molar-refractivity contribution is 6.06. The maximum Gasteiger partial charge on any atom is 0.415 e. The predicted octanol–water partition coefficient (Wildman–Crippen LogP) is 1.34. The number of nitrogens with one attached hydrogen (secondary N) is 1. The SMILES string of the molecule is C=CCOC(=O)C1CCN(C(=O)OCC=C)C1=N. The van der Waals surface area contributed by atoms with E-state index in [0.717, 1.165) is 4.90 Å². The zero-order chi connectivity index (χ0) is 13.5. The van der Waals surface area contributed by atoms with Crippen molar-refractivity contribution in [2.75, 3.05) is 19.8 Å². The molecule has 6 heteroatoms.